The maximum absolute atomic E-state index is 12.9. The number of nitrogens with zero attached hydrogens (tertiary/aromatic N) is 1. The molecule has 0 N–H and O–H groups in total. The standard InChI is InChI=1S/C29H33NO3S/c1-20-18-30-19-24-8-7-22(15-26(20)24)16-29(31)28-17-27(28)23-9-11-25(12-10-23)34(32,33)14-13-21-5-3-2-4-6-21/h7-12,15,18-19,21,27-28H,2-6,13-14,16-17H2,1H3/t27?,28-/m1/s1. The molecule has 2 aromatic carbocycles. The van der Waals surface area contributed by atoms with E-state index in [2.05, 4.69) is 11.1 Å². The molecular formula is C29H33NO3S. The fraction of sp³-hybridized carbons (Fsp3) is 0.448. The molecule has 2 aliphatic carbocycles. The minimum absolute atomic E-state index is 0.0305. The van der Waals surface area contributed by atoms with Gasteiger partial charge in [0.25, 0.3) is 0 Å². The Bertz CT molecular complexity index is 1290. The fourth-order valence-corrected chi connectivity index (χ4v) is 6.99. The van der Waals surface area contributed by atoms with Crippen LogP contribution in [-0.4, -0.2) is 24.9 Å². The first-order valence-electron chi connectivity index (χ1n) is 12.6. The molecule has 2 atom stereocenters. The van der Waals surface area contributed by atoms with Crippen molar-refractivity contribution in [1.29, 1.82) is 0 Å². The number of hydrogen-bond acceptors (Lipinski definition) is 4. The number of aryl methyl sites for hydroxylation is 1. The maximum Gasteiger partial charge on any atom is 0.178 e. The molecule has 0 amide bonds. The Morgan fingerprint density at radius 1 is 1.00 bits per heavy atom. The summed E-state index contributed by atoms with van der Waals surface area (Å²) in [6.45, 7) is 2.04. The van der Waals surface area contributed by atoms with E-state index in [1.165, 1.54) is 32.1 Å². The normalized spacial score (nSPS) is 21.0. The lowest BCUT2D eigenvalue weighted by Crippen LogP contribution is -2.14. The summed E-state index contributed by atoms with van der Waals surface area (Å²) in [7, 11) is -3.25. The largest absolute Gasteiger partial charge is 0.299 e. The van der Waals surface area contributed by atoms with Gasteiger partial charge in [0.1, 0.15) is 5.78 Å². The third-order valence-electron chi connectivity index (χ3n) is 7.79. The molecule has 0 bridgehead atoms. The lowest BCUT2D eigenvalue weighted by atomic mass is 9.88. The molecule has 1 unspecified atom stereocenters. The number of Topliss-reactive ketones (excluding diaryl/α,β-unsaturated/α-hetero) is 1. The van der Waals surface area contributed by atoms with E-state index in [4.69, 9.17) is 0 Å². The van der Waals surface area contributed by atoms with Gasteiger partial charge in [0.05, 0.1) is 10.6 Å². The van der Waals surface area contributed by atoms with Crippen molar-refractivity contribution >= 4 is 26.4 Å². The SMILES string of the molecule is Cc1cncc2ccc(CC(=O)[C@@H]3CC3c3ccc(S(=O)(=O)CCC4CCCCC4)cc3)cc12. The summed E-state index contributed by atoms with van der Waals surface area (Å²) in [6.07, 6.45) is 11.9. The van der Waals surface area contributed by atoms with Gasteiger partial charge in [-0.3, -0.25) is 9.78 Å². The van der Waals surface area contributed by atoms with Crippen molar-refractivity contribution in [2.75, 3.05) is 5.75 Å². The number of pyridine rings is 1. The molecule has 178 valence electrons. The Kier molecular flexibility index (Phi) is 6.57. The molecule has 3 aromatic rings. The molecule has 5 heteroatoms. The molecule has 0 saturated heterocycles. The number of rotatable bonds is 8. The quantitative estimate of drug-likeness (QED) is 0.389. The van der Waals surface area contributed by atoms with Gasteiger partial charge in [-0.25, -0.2) is 8.42 Å². The Morgan fingerprint density at radius 3 is 2.53 bits per heavy atom. The Balaban J connectivity index is 1.19. The maximum atomic E-state index is 12.9. The zero-order valence-electron chi connectivity index (χ0n) is 19.9. The average molecular weight is 476 g/mol. The average Bonchev–Trinajstić information content (AvgIpc) is 3.65. The molecule has 2 saturated carbocycles. The highest BCUT2D eigenvalue weighted by molar-refractivity contribution is 7.91. The minimum atomic E-state index is -3.25. The smallest absolute Gasteiger partial charge is 0.178 e. The van der Waals surface area contributed by atoms with E-state index in [1.54, 1.807) is 12.1 Å². The zero-order chi connectivity index (χ0) is 23.7. The van der Waals surface area contributed by atoms with Gasteiger partial charge in [0, 0.05) is 30.1 Å². The molecule has 1 heterocycles. The number of ketones is 1. The van der Waals surface area contributed by atoms with E-state index in [1.807, 2.05) is 43.6 Å². The third-order valence-corrected chi connectivity index (χ3v) is 9.56. The molecule has 0 aliphatic heterocycles. The minimum Gasteiger partial charge on any atom is -0.299 e. The van der Waals surface area contributed by atoms with E-state index >= 15 is 0 Å². The van der Waals surface area contributed by atoms with E-state index in [0.717, 1.165) is 40.3 Å². The van der Waals surface area contributed by atoms with Gasteiger partial charge in [0.15, 0.2) is 9.84 Å². The van der Waals surface area contributed by atoms with Crippen LogP contribution in [-0.2, 0) is 21.1 Å². The van der Waals surface area contributed by atoms with Gasteiger partial charge in [-0.1, -0.05) is 62.4 Å². The van der Waals surface area contributed by atoms with Crippen molar-refractivity contribution in [3.63, 3.8) is 0 Å². The first kappa shape index (κ1) is 23.2. The monoisotopic (exact) mass is 475 g/mol. The number of sulfone groups is 1. The number of carbonyl (C=O) groups is 1. The second kappa shape index (κ2) is 9.61. The van der Waals surface area contributed by atoms with Crippen LogP contribution >= 0.6 is 0 Å². The van der Waals surface area contributed by atoms with Crippen LogP contribution in [0.4, 0.5) is 0 Å². The van der Waals surface area contributed by atoms with Crippen LogP contribution in [0.15, 0.2) is 59.8 Å². The number of benzene rings is 2. The Hall–Kier alpha value is -2.53. The third kappa shape index (κ3) is 5.10. The van der Waals surface area contributed by atoms with Gasteiger partial charge < -0.3 is 0 Å². The summed E-state index contributed by atoms with van der Waals surface area (Å²) in [4.78, 5) is 17.6. The highest BCUT2D eigenvalue weighted by atomic mass is 32.2. The van der Waals surface area contributed by atoms with Crippen molar-refractivity contribution in [2.24, 2.45) is 11.8 Å². The predicted molar refractivity (Wildman–Crippen MR) is 136 cm³/mol. The molecule has 2 fully saturated rings. The van der Waals surface area contributed by atoms with Crippen LogP contribution < -0.4 is 0 Å². The van der Waals surface area contributed by atoms with Crippen molar-refractivity contribution in [3.05, 3.63) is 71.5 Å². The molecule has 1 aromatic heterocycles. The Morgan fingerprint density at radius 2 is 1.76 bits per heavy atom. The van der Waals surface area contributed by atoms with Crippen molar-refractivity contribution < 1.29 is 13.2 Å². The topological polar surface area (TPSA) is 64.1 Å². The molecule has 2 aliphatic rings. The van der Waals surface area contributed by atoms with E-state index in [9.17, 15) is 13.2 Å². The van der Waals surface area contributed by atoms with Crippen LogP contribution in [0.1, 0.15) is 67.6 Å². The lowest BCUT2D eigenvalue weighted by Gasteiger charge is -2.21. The molecular weight excluding hydrogens is 442 g/mol. The summed E-state index contributed by atoms with van der Waals surface area (Å²) in [6, 6.07) is 13.5. The van der Waals surface area contributed by atoms with Crippen molar-refractivity contribution in [1.82, 2.24) is 4.98 Å². The lowest BCUT2D eigenvalue weighted by molar-refractivity contribution is -0.119. The summed E-state index contributed by atoms with van der Waals surface area (Å²) in [5, 5.41) is 2.24. The predicted octanol–water partition coefficient (Wildman–Crippen LogP) is 6.20. The molecule has 5 rings (SSSR count). The molecule has 34 heavy (non-hydrogen) atoms. The molecule has 0 spiro atoms. The number of hydrogen-bond donors (Lipinski definition) is 0. The molecule has 4 nitrogen and oxygen atoms in total. The summed E-state index contributed by atoms with van der Waals surface area (Å²) in [5.74, 6) is 1.30. The second-order valence-corrected chi connectivity index (χ2v) is 12.4. The van der Waals surface area contributed by atoms with Crippen LogP contribution in [0.3, 0.4) is 0 Å². The Labute approximate surface area is 202 Å². The highest BCUT2D eigenvalue weighted by Gasteiger charge is 2.43. The second-order valence-electron chi connectivity index (χ2n) is 10.3. The fourth-order valence-electron chi connectivity index (χ4n) is 5.56. The summed E-state index contributed by atoms with van der Waals surface area (Å²) < 4.78 is 25.6. The van der Waals surface area contributed by atoms with Gasteiger partial charge >= 0.3 is 0 Å². The van der Waals surface area contributed by atoms with E-state index < -0.39 is 9.84 Å². The van der Waals surface area contributed by atoms with E-state index in [-0.39, 0.29) is 23.4 Å². The van der Waals surface area contributed by atoms with Crippen LogP contribution in [0, 0.1) is 18.8 Å². The van der Waals surface area contributed by atoms with Gasteiger partial charge in [-0.15, -0.1) is 0 Å². The van der Waals surface area contributed by atoms with Crippen molar-refractivity contribution in [2.45, 2.75) is 69.1 Å². The van der Waals surface area contributed by atoms with Crippen LogP contribution in [0.5, 0.6) is 0 Å². The molecule has 0 radical (unpaired) electrons. The number of carbonyl (C=O) groups excluding carboxylic acids is 1. The van der Waals surface area contributed by atoms with Gasteiger partial charge in [-0.05, 0) is 65.8 Å². The van der Waals surface area contributed by atoms with Gasteiger partial charge in [0.2, 0.25) is 0 Å². The van der Waals surface area contributed by atoms with Crippen molar-refractivity contribution in [3.8, 4) is 0 Å². The zero-order valence-corrected chi connectivity index (χ0v) is 20.7. The summed E-state index contributed by atoms with van der Waals surface area (Å²) >= 11 is 0. The number of aromatic nitrogens is 1. The number of fused-ring (bicyclic) bond motifs is 1. The first-order valence-corrected chi connectivity index (χ1v) is 14.2. The first-order chi connectivity index (χ1) is 16.4. The highest BCUT2D eigenvalue weighted by Crippen LogP contribution is 2.48. The van der Waals surface area contributed by atoms with Crippen LogP contribution in [0.2, 0.25) is 0 Å². The van der Waals surface area contributed by atoms with E-state index in [0.29, 0.717) is 17.2 Å². The van der Waals surface area contributed by atoms with Crippen LogP contribution in [0.25, 0.3) is 10.8 Å². The van der Waals surface area contributed by atoms with Gasteiger partial charge in [-0.2, -0.15) is 0 Å². The summed E-state index contributed by atoms with van der Waals surface area (Å²) in [5.41, 5.74) is 3.23.